The molecular weight excluding hydrogens is 262 g/mol. The maximum absolute atomic E-state index is 12.6. The Kier molecular flexibility index (Phi) is 4.39. The van der Waals surface area contributed by atoms with Gasteiger partial charge in [-0.2, -0.15) is 0 Å². The Morgan fingerprint density at radius 3 is 2.76 bits per heavy atom. The molecule has 1 aromatic carbocycles. The van der Waals surface area contributed by atoms with Crippen LogP contribution in [0.1, 0.15) is 49.4 Å². The molecule has 3 rings (SSSR count). The lowest BCUT2D eigenvalue weighted by Gasteiger charge is -2.32. The van der Waals surface area contributed by atoms with Gasteiger partial charge in [0.2, 0.25) is 0 Å². The molecule has 0 amide bonds. The van der Waals surface area contributed by atoms with E-state index in [0.29, 0.717) is 12.6 Å². The second-order valence-electron chi connectivity index (χ2n) is 5.92. The van der Waals surface area contributed by atoms with Crippen molar-refractivity contribution in [1.29, 1.82) is 0 Å². The van der Waals surface area contributed by atoms with Crippen molar-refractivity contribution in [2.75, 3.05) is 13.1 Å². The van der Waals surface area contributed by atoms with E-state index in [0.717, 1.165) is 23.1 Å². The number of benzene rings is 1. The number of nitrogens with zero attached hydrogens (tertiary/aromatic N) is 1. The maximum Gasteiger partial charge on any atom is 0.180 e. The van der Waals surface area contributed by atoms with Gasteiger partial charge in [-0.25, -0.2) is 0 Å². The quantitative estimate of drug-likeness (QED) is 0.769. The van der Waals surface area contributed by atoms with Gasteiger partial charge in [0.15, 0.2) is 5.78 Å². The molecule has 1 fully saturated rings. The summed E-state index contributed by atoms with van der Waals surface area (Å²) in [5.41, 5.74) is 1.52. The summed E-state index contributed by atoms with van der Waals surface area (Å²) in [5.74, 6) is 0.173. The molecule has 0 atom stereocenters. The normalized spacial score (nSPS) is 16.7. The van der Waals surface area contributed by atoms with Crippen LogP contribution in [-0.2, 0) is 0 Å². The Bertz CT molecular complexity index is 610. The van der Waals surface area contributed by atoms with Crippen LogP contribution in [0.3, 0.4) is 0 Å². The molecule has 1 heterocycles. The lowest BCUT2D eigenvalue weighted by Crippen LogP contribution is -2.40. The topological polar surface area (TPSA) is 33.5 Å². The number of carbonyl (C=O) groups is 1. The number of furan rings is 1. The van der Waals surface area contributed by atoms with E-state index in [1.807, 2.05) is 24.3 Å². The molecule has 1 aliphatic rings. The van der Waals surface area contributed by atoms with Gasteiger partial charge in [0.1, 0.15) is 11.8 Å². The summed E-state index contributed by atoms with van der Waals surface area (Å²) >= 11 is 0. The number of para-hydroxylation sites is 1. The van der Waals surface area contributed by atoms with E-state index in [1.54, 1.807) is 6.26 Å². The lowest BCUT2D eigenvalue weighted by molar-refractivity contribution is 0.0869. The lowest BCUT2D eigenvalue weighted by atomic mass is 9.94. The van der Waals surface area contributed by atoms with Gasteiger partial charge in [0, 0.05) is 11.4 Å². The maximum atomic E-state index is 12.6. The number of Topliss-reactive ketones (excluding diaryl/α,β-unsaturated/α-hetero) is 1. The summed E-state index contributed by atoms with van der Waals surface area (Å²) in [6.07, 6.45) is 8.00. The number of rotatable bonds is 5. The molecule has 1 saturated carbocycles. The van der Waals surface area contributed by atoms with Gasteiger partial charge >= 0.3 is 0 Å². The van der Waals surface area contributed by atoms with Crippen molar-refractivity contribution in [3.8, 4) is 0 Å². The fraction of sp³-hybridized carbons (Fsp3) is 0.500. The molecule has 0 spiro atoms. The van der Waals surface area contributed by atoms with Gasteiger partial charge in [-0.1, -0.05) is 44.4 Å². The number of ketones is 1. The smallest absolute Gasteiger partial charge is 0.180 e. The fourth-order valence-corrected chi connectivity index (χ4v) is 3.41. The van der Waals surface area contributed by atoms with Gasteiger partial charge in [-0.15, -0.1) is 0 Å². The van der Waals surface area contributed by atoms with E-state index in [2.05, 4.69) is 11.8 Å². The van der Waals surface area contributed by atoms with Crippen molar-refractivity contribution in [3.05, 3.63) is 36.1 Å². The molecule has 0 bridgehead atoms. The first-order valence-corrected chi connectivity index (χ1v) is 8.03. The fourth-order valence-electron chi connectivity index (χ4n) is 3.41. The summed E-state index contributed by atoms with van der Waals surface area (Å²) < 4.78 is 5.49. The third-order valence-electron chi connectivity index (χ3n) is 4.63. The Balaban J connectivity index is 1.75. The van der Waals surface area contributed by atoms with Crippen LogP contribution >= 0.6 is 0 Å². The van der Waals surface area contributed by atoms with E-state index in [4.69, 9.17) is 4.42 Å². The highest BCUT2D eigenvalue weighted by atomic mass is 16.3. The Hall–Kier alpha value is -1.61. The zero-order valence-electron chi connectivity index (χ0n) is 12.7. The molecule has 3 nitrogen and oxygen atoms in total. The first kappa shape index (κ1) is 14.3. The Morgan fingerprint density at radius 1 is 1.24 bits per heavy atom. The van der Waals surface area contributed by atoms with Gasteiger partial charge in [-0.3, -0.25) is 9.69 Å². The zero-order chi connectivity index (χ0) is 14.7. The first-order valence-electron chi connectivity index (χ1n) is 8.03. The van der Waals surface area contributed by atoms with Crippen LogP contribution in [-0.4, -0.2) is 29.8 Å². The highest BCUT2D eigenvalue weighted by Gasteiger charge is 2.23. The Labute approximate surface area is 125 Å². The molecule has 0 unspecified atom stereocenters. The van der Waals surface area contributed by atoms with Crippen molar-refractivity contribution in [2.24, 2.45) is 0 Å². The van der Waals surface area contributed by atoms with Crippen LogP contribution in [0, 0.1) is 0 Å². The number of likely N-dealkylation sites (N-methyl/N-ethyl adjacent to an activating group) is 1. The van der Waals surface area contributed by atoms with Crippen molar-refractivity contribution in [2.45, 2.75) is 45.1 Å². The van der Waals surface area contributed by atoms with Gasteiger partial charge in [-0.05, 0) is 25.5 Å². The average Bonchev–Trinajstić information content (AvgIpc) is 2.97. The van der Waals surface area contributed by atoms with Crippen LogP contribution in [0.2, 0.25) is 0 Å². The van der Waals surface area contributed by atoms with E-state index in [-0.39, 0.29) is 5.78 Å². The average molecular weight is 285 g/mol. The van der Waals surface area contributed by atoms with Gasteiger partial charge in [0.25, 0.3) is 0 Å². The predicted molar refractivity (Wildman–Crippen MR) is 84.7 cm³/mol. The molecule has 0 radical (unpaired) electrons. The third-order valence-corrected chi connectivity index (χ3v) is 4.63. The zero-order valence-corrected chi connectivity index (χ0v) is 12.7. The molecule has 3 heteroatoms. The third kappa shape index (κ3) is 3.03. The standard InChI is InChI=1S/C18H23NO2/c1-2-19(14-8-4-3-5-9-14)12-17(20)16-13-21-18-11-7-6-10-15(16)18/h6-7,10-11,13-14H,2-5,8-9,12H2,1H3. The van der Waals surface area contributed by atoms with Crippen LogP contribution in [0.15, 0.2) is 34.9 Å². The number of fused-ring (bicyclic) bond motifs is 1. The Morgan fingerprint density at radius 2 is 2.00 bits per heavy atom. The van der Waals surface area contributed by atoms with Crippen LogP contribution in [0.5, 0.6) is 0 Å². The molecule has 1 aromatic heterocycles. The number of hydrogen-bond acceptors (Lipinski definition) is 3. The molecular formula is C18H23NO2. The van der Waals surface area contributed by atoms with Crippen molar-refractivity contribution in [3.63, 3.8) is 0 Å². The van der Waals surface area contributed by atoms with Crippen molar-refractivity contribution in [1.82, 2.24) is 4.90 Å². The summed E-state index contributed by atoms with van der Waals surface area (Å²) in [4.78, 5) is 15.0. The van der Waals surface area contributed by atoms with Gasteiger partial charge in [0.05, 0.1) is 12.1 Å². The summed E-state index contributed by atoms with van der Waals surface area (Å²) in [6.45, 7) is 3.59. The minimum Gasteiger partial charge on any atom is -0.464 e. The summed E-state index contributed by atoms with van der Waals surface area (Å²) in [5, 5.41) is 0.933. The highest BCUT2D eigenvalue weighted by Crippen LogP contribution is 2.24. The van der Waals surface area contributed by atoms with Crippen LogP contribution in [0.25, 0.3) is 11.0 Å². The largest absolute Gasteiger partial charge is 0.464 e. The molecule has 0 aliphatic heterocycles. The highest BCUT2D eigenvalue weighted by molar-refractivity contribution is 6.08. The number of carbonyl (C=O) groups excluding carboxylic acids is 1. The van der Waals surface area contributed by atoms with Crippen molar-refractivity contribution >= 4 is 16.8 Å². The second-order valence-corrected chi connectivity index (χ2v) is 5.92. The van der Waals surface area contributed by atoms with E-state index >= 15 is 0 Å². The molecule has 0 N–H and O–H groups in total. The minimum atomic E-state index is 0.173. The van der Waals surface area contributed by atoms with E-state index < -0.39 is 0 Å². The first-order chi connectivity index (χ1) is 10.3. The predicted octanol–water partition coefficient (Wildman–Crippen LogP) is 4.27. The molecule has 0 saturated heterocycles. The van der Waals surface area contributed by atoms with E-state index in [9.17, 15) is 4.79 Å². The monoisotopic (exact) mass is 285 g/mol. The minimum absolute atomic E-state index is 0.173. The second kappa shape index (κ2) is 6.44. The van der Waals surface area contributed by atoms with Crippen LogP contribution < -0.4 is 0 Å². The summed E-state index contributed by atoms with van der Waals surface area (Å²) in [7, 11) is 0. The SMILES string of the molecule is CCN(CC(=O)c1coc2ccccc12)C1CCCCC1. The molecule has 2 aromatic rings. The molecule has 112 valence electrons. The van der Waals surface area contributed by atoms with Gasteiger partial charge < -0.3 is 4.42 Å². The molecule has 21 heavy (non-hydrogen) atoms. The number of hydrogen-bond donors (Lipinski definition) is 0. The van der Waals surface area contributed by atoms with Crippen LogP contribution in [0.4, 0.5) is 0 Å². The molecule has 1 aliphatic carbocycles. The van der Waals surface area contributed by atoms with Crippen molar-refractivity contribution < 1.29 is 9.21 Å². The van der Waals surface area contributed by atoms with E-state index in [1.165, 1.54) is 32.1 Å². The summed E-state index contributed by atoms with van der Waals surface area (Å²) in [6, 6.07) is 8.33.